The molecule has 4 aromatic rings. The number of rotatable bonds is 8. The molecule has 0 unspecified atom stereocenters. The highest BCUT2D eigenvalue weighted by Crippen LogP contribution is 2.30. The van der Waals surface area contributed by atoms with E-state index in [9.17, 15) is 10.1 Å². The smallest absolute Gasteiger partial charge is 0.290 e. The Bertz CT molecular complexity index is 1520. The second kappa shape index (κ2) is 11.7. The van der Waals surface area contributed by atoms with E-state index < -0.39 is 0 Å². The Morgan fingerprint density at radius 1 is 1.08 bits per heavy atom. The van der Waals surface area contributed by atoms with E-state index in [-0.39, 0.29) is 11.7 Å². The first-order valence-corrected chi connectivity index (χ1v) is 12.7. The number of carbonyl (C=O) groups is 1. The van der Waals surface area contributed by atoms with Crippen LogP contribution in [0, 0.1) is 18.3 Å². The number of nitrogens with one attached hydrogen (secondary N) is 2. The quantitative estimate of drug-likeness (QED) is 0.330. The van der Waals surface area contributed by atoms with Crippen LogP contribution in [0.2, 0.25) is 0 Å². The molecule has 0 saturated carbocycles. The molecule has 1 amide bonds. The standard InChI is InChI=1S/C30H29N5O4/c1-20-6-7-23(33-24-12-22(18-31)13-25(15-24)35-8-10-38-11-9-35)16-27(20)28-17-29(39-34-28)30(36)32-19-21-4-3-5-26(14-21)37-2/h3-7,12-17,33H,8-11,19H2,1-2H3,(H,32,36). The molecule has 1 aromatic heterocycles. The van der Waals surface area contributed by atoms with Crippen LogP contribution < -0.4 is 20.3 Å². The van der Waals surface area contributed by atoms with Gasteiger partial charge in [-0.1, -0.05) is 23.4 Å². The summed E-state index contributed by atoms with van der Waals surface area (Å²) in [5.74, 6) is 0.499. The number of hydrogen-bond acceptors (Lipinski definition) is 8. The third-order valence-corrected chi connectivity index (χ3v) is 6.55. The van der Waals surface area contributed by atoms with Gasteiger partial charge < -0.3 is 29.5 Å². The summed E-state index contributed by atoms with van der Waals surface area (Å²) < 4.78 is 16.1. The Balaban J connectivity index is 1.31. The van der Waals surface area contributed by atoms with Crippen LogP contribution in [-0.2, 0) is 11.3 Å². The van der Waals surface area contributed by atoms with Gasteiger partial charge in [0.15, 0.2) is 0 Å². The van der Waals surface area contributed by atoms with Gasteiger partial charge in [0.25, 0.3) is 5.91 Å². The van der Waals surface area contributed by atoms with Crippen molar-refractivity contribution in [3.8, 4) is 23.1 Å². The van der Waals surface area contributed by atoms with Crippen LogP contribution in [0.4, 0.5) is 17.1 Å². The molecule has 0 atom stereocenters. The number of nitrogens with zero attached hydrogens (tertiary/aromatic N) is 3. The fourth-order valence-corrected chi connectivity index (χ4v) is 4.46. The predicted octanol–water partition coefficient (Wildman–Crippen LogP) is 5.04. The minimum atomic E-state index is -0.354. The maximum absolute atomic E-state index is 12.7. The summed E-state index contributed by atoms with van der Waals surface area (Å²) in [4.78, 5) is 14.9. The van der Waals surface area contributed by atoms with Gasteiger partial charge in [0, 0.05) is 48.3 Å². The molecule has 2 N–H and O–H groups in total. The van der Waals surface area contributed by atoms with Crippen molar-refractivity contribution in [2.75, 3.05) is 43.6 Å². The van der Waals surface area contributed by atoms with Gasteiger partial charge in [0.2, 0.25) is 5.76 Å². The van der Waals surface area contributed by atoms with E-state index in [1.807, 2.05) is 67.6 Å². The molecule has 0 bridgehead atoms. The molecule has 9 nitrogen and oxygen atoms in total. The van der Waals surface area contributed by atoms with Crippen molar-refractivity contribution in [2.24, 2.45) is 0 Å². The molecule has 9 heteroatoms. The molecule has 2 heterocycles. The van der Waals surface area contributed by atoms with Crippen LogP contribution in [0.25, 0.3) is 11.3 Å². The fourth-order valence-electron chi connectivity index (χ4n) is 4.46. The van der Waals surface area contributed by atoms with E-state index in [0.29, 0.717) is 31.0 Å². The number of amides is 1. The molecule has 0 aliphatic carbocycles. The highest BCUT2D eigenvalue weighted by atomic mass is 16.5. The van der Waals surface area contributed by atoms with Crippen molar-refractivity contribution < 1.29 is 18.8 Å². The number of methoxy groups -OCH3 is 1. The molecule has 39 heavy (non-hydrogen) atoms. The van der Waals surface area contributed by atoms with E-state index in [1.165, 1.54) is 0 Å². The maximum Gasteiger partial charge on any atom is 0.290 e. The van der Waals surface area contributed by atoms with Crippen molar-refractivity contribution >= 4 is 23.0 Å². The topological polar surface area (TPSA) is 113 Å². The fraction of sp³-hybridized carbons (Fsp3) is 0.233. The summed E-state index contributed by atoms with van der Waals surface area (Å²) >= 11 is 0. The van der Waals surface area contributed by atoms with Crippen LogP contribution in [0.3, 0.4) is 0 Å². The van der Waals surface area contributed by atoms with Gasteiger partial charge in [0.05, 0.1) is 32.0 Å². The van der Waals surface area contributed by atoms with Crippen LogP contribution in [-0.4, -0.2) is 44.5 Å². The van der Waals surface area contributed by atoms with Crippen molar-refractivity contribution in [1.29, 1.82) is 5.26 Å². The van der Waals surface area contributed by atoms with Crippen molar-refractivity contribution in [3.05, 3.63) is 89.2 Å². The lowest BCUT2D eigenvalue weighted by atomic mass is 10.0. The van der Waals surface area contributed by atoms with Crippen LogP contribution in [0.1, 0.15) is 27.2 Å². The zero-order chi connectivity index (χ0) is 27.2. The van der Waals surface area contributed by atoms with Gasteiger partial charge in [-0.2, -0.15) is 5.26 Å². The minimum absolute atomic E-state index is 0.127. The number of hydrogen-bond donors (Lipinski definition) is 2. The third kappa shape index (κ3) is 6.20. The second-order valence-corrected chi connectivity index (χ2v) is 9.25. The minimum Gasteiger partial charge on any atom is -0.497 e. The highest BCUT2D eigenvalue weighted by Gasteiger charge is 2.17. The normalized spacial score (nSPS) is 13.0. The number of ether oxygens (including phenoxy) is 2. The van der Waals surface area contributed by atoms with Gasteiger partial charge >= 0.3 is 0 Å². The molecule has 0 radical (unpaired) electrons. The highest BCUT2D eigenvalue weighted by molar-refractivity contribution is 5.92. The molecule has 198 valence electrons. The van der Waals surface area contributed by atoms with Gasteiger partial charge in [0.1, 0.15) is 11.4 Å². The zero-order valence-corrected chi connectivity index (χ0v) is 21.9. The summed E-state index contributed by atoms with van der Waals surface area (Å²) in [5.41, 5.74) is 6.48. The SMILES string of the molecule is COc1cccc(CNC(=O)c2cc(-c3cc(Nc4cc(C#N)cc(N5CCOCC5)c4)ccc3C)no2)c1. The molecule has 1 aliphatic rings. The maximum atomic E-state index is 12.7. The number of benzene rings is 3. The molecule has 1 saturated heterocycles. The monoisotopic (exact) mass is 523 g/mol. The molecule has 1 aliphatic heterocycles. The molecule has 3 aromatic carbocycles. The van der Waals surface area contributed by atoms with E-state index >= 15 is 0 Å². The average Bonchev–Trinajstić information content (AvgIpc) is 3.47. The number of carbonyl (C=O) groups excluding carboxylic acids is 1. The van der Waals surface area contributed by atoms with E-state index in [1.54, 1.807) is 13.2 Å². The second-order valence-electron chi connectivity index (χ2n) is 9.25. The van der Waals surface area contributed by atoms with Gasteiger partial charge in [-0.05, 0) is 60.5 Å². The first-order chi connectivity index (χ1) is 19.0. The van der Waals surface area contributed by atoms with Gasteiger partial charge in [-0.25, -0.2) is 0 Å². The zero-order valence-electron chi connectivity index (χ0n) is 21.9. The lowest BCUT2D eigenvalue weighted by Crippen LogP contribution is -2.36. The Morgan fingerprint density at radius 3 is 2.72 bits per heavy atom. The van der Waals surface area contributed by atoms with E-state index in [0.717, 1.165) is 52.6 Å². The lowest BCUT2D eigenvalue weighted by molar-refractivity contribution is 0.0914. The number of aromatic nitrogens is 1. The average molecular weight is 524 g/mol. The van der Waals surface area contributed by atoms with Crippen LogP contribution >= 0.6 is 0 Å². The summed E-state index contributed by atoms with van der Waals surface area (Å²) in [5, 5.41) is 20.0. The summed E-state index contributed by atoms with van der Waals surface area (Å²) in [7, 11) is 1.60. The molecule has 0 spiro atoms. The van der Waals surface area contributed by atoms with Crippen molar-refractivity contribution in [2.45, 2.75) is 13.5 Å². The Morgan fingerprint density at radius 2 is 1.92 bits per heavy atom. The molecular weight excluding hydrogens is 494 g/mol. The van der Waals surface area contributed by atoms with E-state index in [4.69, 9.17) is 14.0 Å². The van der Waals surface area contributed by atoms with Crippen LogP contribution in [0.15, 0.2) is 71.3 Å². The summed E-state index contributed by atoms with van der Waals surface area (Å²) in [6.07, 6.45) is 0. The number of morpholine rings is 1. The largest absolute Gasteiger partial charge is 0.497 e. The van der Waals surface area contributed by atoms with Gasteiger partial charge in [-0.15, -0.1) is 0 Å². The summed E-state index contributed by atoms with van der Waals surface area (Å²) in [6.45, 7) is 5.20. The number of nitriles is 1. The summed E-state index contributed by atoms with van der Waals surface area (Å²) in [6, 6.07) is 23.0. The lowest BCUT2D eigenvalue weighted by Gasteiger charge is -2.29. The number of aryl methyl sites for hydroxylation is 1. The number of anilines is 3. The third-order valence-electron chi connectivity index (χ3n) is 6.55. The molecule has 1 fully saturated rings. The van der Waals surface area contributed by atoms with Crippen LogP contribution in [0.5, 0.6) is 5.75 Å². The Labute approximate surface area is 226 Å². The molecule has 5 rings (SSSR count). The van der Waals surface area contributed by atoms with Crippen molar-refractivity contribution in [1.82, 2.24) is 10.5 Å². The molecular formula is C30H29N5O4. The first kappa shape index (κ1) is 25.8. The van der Waals surface area contributed by atoms with Crippen molar-refractivity contribution in [3.63, 3.8) is 0 Å². The Hall–Kier alpha value is -4.81. The first-order valence-electron chi connectivity index (χ1n) is 12.7. The van der Waals surface area contributed by atoms with Gasteiger partial charge in [-0.3, -0.25) is 4.79 Å². The predicted molar refractivity (Wildman–Crippen MR) is 148 cm³/mol. The Kier molecular flexibility index (Phi) is 7.75. The van der Waals surface area contributed by atoms with E-state index in [2.05, 4.69) is 26.8 Å².